The first-order valence-electron chi connectivity index (χ1n) is 12.4. The number of rotatable bonds is 9. The number of hydrogen-bond acceptors (Lipinski definition) is 7. The highest BCUT2D eigenvalue weighted by atomic mass is 32.2. The Morgan fingerprint density at radius 3 is 2.68 bits per heavy atom. The number of likely N-dealkylation sites (tertiary alicyclic amines) is 1. The van der Waals surface area contributed by atoms with Gasteiger partial charge in [-0.05, 0) is 67.8 Å². The summed E-state index contributed by atoms with van der Waals surface area (Å²) in [7, 11) is 3.49. The third-order valence-electron chi connectivity index (χ3n) is 7.70. The normalized spacial score (nSPS) is 25.0. The quantitative estimate of drug-likeness (QED) is 0.370. The maximum Gasteiger partial charge on any atom is 0.416 e. The van der Waals surface area contributed by atoms with E-state index in [-0.39, 0.29) is 16.7 Å². The molecule has 2 aromatic rings. The molecule has 0 radical (unpaired) electrons. The van der Waals surface area contributed by atoms with Crippen LogP contribution in [0.1, 0.15) is 46.8 Å². The monoisotopic (exact) mass is 532 g/mol. The average Bonchev–Trinajstić information content (AvgIpc) is 3.25. The molecular formula is C27H31F3N4O2S. The van der Waals surface area contributed by atoms with Crippen LogP contribution in [0.15, 0.2) is 47.6 Å². The van der Waals surface area contributed by atoms with Crippen LogP contribution >= 0.6 is 11.8 Å². The summed E-state index contributed by atoms with van der Waals surface area (Å²) in [6.07, 6.45) is -2.15. The summed E-state index contributed by atoms with van der Waals surface area (Å²) >= 11 is 1.74. The van der Waals surface area contributed by atoms with Gasteiger partial charge in [-0.1, -0.05) is 18.2 Å². The number of nitrogens with zero attached hydrogens (tertiary/aromatic N) is 3. The number of benzene rings is 2. The van der Waals surface area contributed by atoms with Crippen molar-refractivity contribution in [3.8, 4) is 5.75 Å². The van der Waals surface area contributed by atoms with Crippen LogP contribution in [0.3, 0.4) is 0 Å². The molecule has 198 valence electrons. The molecule has 0 spiro atoms. The molecule has 5 rings (SSSR count). The highest BCUT2D eigenvalue weighted by Gasteiger charge is 2.60. The van der Waals surface area contributed by atoms with Crippen LogP contribution < -0.4 is 10.2 Å². The Hall–Kier alpha value is -2.72. The number of carbonyl (C=O) groups excluding carboxylic acids is 1. The third-order valence-corrected chi connectivity index (χ3v) is 8.96. The summed E-state index contributed by atoms with van der Waals surface area (Å²) in [5, 5.41) is 4.35. The maximum absolute atomic E-state index is 12.8. The second-order valence-electron chi connectivity index (χ2n) is 10.1. The predicted molar refractivity (Wildman–Crippen MR) is 139 cm³/mol. The Bertz CT molecular complexity index is 1200. The summed E-state index contributed by atoms with van der Waals surface area (Å²) in [5.41, 5.74) is 5.08. The summed E-state index contributed by atoms with van der Waals surface area (Å²) in [6, 6.07) is 11.2. The molecule has 3 unspecified atom stereocenters. The van der Waals surface area contributed by atoms with E-state index >= 15 is 0 Å². The molecular weight excluding hydrogens is 501 g/mol. The van der Waals surface area contributed by atoms with E-state index in [0.717, 1.165) is 43.9 Å². The summed E-state index contributed by atoms with van der Waals surface area (Å²) in [5.74, 6) is 2.86. The van der Waals surface area contributed by atoms with Crippen molar-refractivity contribution in [1.82, 2.24) is 15.2 Å². The molecule has 1 aliphatic carbocycles. The van der Waals surface area contributed by atoms with Gasteiger partial charge in [0.2, 0.25) is 0 Å². The van der Waals surface area contributed by atoms with E-state index < -0.39 is 11.7 Å². The molecule has 2 fully saturated rings. The number of fused-ring (bicyclic) bond motifs is 1. The lowest BCUT2D eigenvalue weighted by atomic mass is 9.92. The van der Waals surface area contributed by atoms with E-state index in [4.69, 9.17) is 4.74 Å². The Morgan fingerprint density at radius 2 is 2.00 bits per heavy atom. The predicted octanol–water partition coefficient (Wildman–Crippen LogP) is 4.79. The molecule has 10 heteroatoms. The summed E-state index contributed by atoms with van der Waals surface area (Å²) in [6.45, 7) is 4.67. The standard InChI is InChI=1S/C27H31F3N4O2S/c1-17(35)22-13-20(9-10-23(22)36-3)26-14-21(26)15-34(16-26)11-4-12-37-25-32-31-24(33(25)2)18-5-7-19(8-6-18)27(28,29)30/h5-10,13,21,25,32H,4,11-12,14-16H2,1-3H3. The van der Waals surface area contributed by atoms with Gasteiger partial charge in [-0.15, -0.1) is 11.8 Å². The number of halogens is 3. The van der Waals surface area contributed by atoms with Crippen LogP contribution in [0.5, 0.6) is 5.75 Å². The fourth-order valence-corrected chi connectivity index (χ4v) is 6.57. The number of thioether (sulfide) groups is 1. The molecule has 1 saturated heterocycles. The van der Waals surface area contributed by atoms with Gasteiger partial charge < -0.3 is 14.5 Å². The Balaban J connectivity index is 1.09. The summed E-state index contributed by atoms with van der Waals surface area (Å²) in [4.78, 5) is 16.6. The van der Waals surface area contributed by atoms with E-state index in [1.54, 1.807) is 25.8 Å². The molecule has 37 heavy (non-hydrogen) atoms. The minimum atomic E-state index is -4.35. The van der Waals surface area contributed by atoms with Crippen LogP contribution in [-0.2, 0) is 11.6 Å². The Morgan fingerprint density at radius 1 is 1.24 bits per heavy atom. The van der Waals surface area contributed by atoms with Gasteiger partial charge in [0, 0.05) is 31.1 Å². The number of amidine groups is 1. The van der Waals surface area contributed by atoms with E-state index in [1.165, 1.54) is 24.1 Å². The lowest BCUT2D eigenvalue weighted by molar-refractivity contribution is -0.137. The smallest absolute Gasteiger partial charge is 0.416 e. The van der Waals surface area contributed by atoms with Crippen LogP contribution in [0.25, 0.3) is 0 Å². The number of ether oxygens (including phenoxy) is 1. The number of ketones is 1. The van der Waals surface area contributed by atoms with Gasteiger partial charge in [0.25, 0.3) is 0 Å². The number of nitrogens with one attached hydrogen (secondary N) is 1. The molecule has 2 aliphatic heterocycles. The van der Waals surface area contributed by atoms with Crippen molar-refractivity contribution in [2.75, 3.05) is 39.5 Å². The van der Waals surface area contributed by atoms with Crippen molar-refractivity contribution >= 4 is 23.4 Å². The molecule has 0 aromatic heterocycles. The molecule has 1 N–H and O–H groups in total. The van der Waals surface area contributed by atoms with Gasteiger partial charge in [-0.25, -0.2) is 0 Å². The second kappa shape index (κ2) is 9.87. The number of alkyl halides is 3. The average molecular weight is 533 g/mol. The number of Topliss-reactive ketones (excluding diaryl/α,β-unsaturated/α-hetero) is 1. The van der Waals surface area contributed by atoms with E-state index in [1.807, 2.05) is 24.1 Å². The second-order valence-corrected chi connectivity index (χ2v) is 11.3. The van der Waals surface area contributed by atoms with Crippen molar-refractivity contribution in [2.45, 2.75) is 36.9 Å². The van der Waals surface area contributed by atoms with Gasteiger partial charge in [-0.2, -0.15) is 18.3 Å². The first kappa shape index (κ1) is 25.9. The molecule has 3 atom stereocenters. The number of methoxy groups -OCH3 is 1. The van der Waals surface area contributed by atoms with Gasteiger partial charge in [0.1, 0.15) is 5.75 Å². The summed E-state index contributed by atoms with van der Waals surface area (Å²) < 4.78 is 43.9. The number of piperidine rings is 1. The highest BCUT2D eigenvalue weighted by molar-refractivity contribution is 7.99. The molecule has 2 heterocycles. The minimum absolute atomic E-state index is 0.0233. The topological polar surface area (TPSA) is 57.2 Å². The van der Waals surface area contributed by atoms with E-state index in [2.05, 4.69) is 21.5 Å². The lowest BCUT2D eigenvalue weighted by Gasteiger charge is -2.24. The first-order chi connectivity index (χ1) is 17.6. The van der Waals surface area contributed by atoms with E-state index in [9.17, 15) is 18.0 Å². The highest BCUT2D eigenvalue weighted by Crippen LogP contribution is 2.59. The van der Waals surface area contributed by atoms with Crippen molar-refractivity contribution in [1.29, 1.82) is 0 Å². The molecule has 0 bridgehead atoms. The molecule has 1 saturated carbocycles. The lowest BCUT2D eigenvalue weighted by Crippen LogP contribution is -2.35. The zero-order valence-corrected chi connectivity index (χ0v) is 22.0. The zero-order chi connectivity index (χ0) is 26.4. The molecule has 0 amide bonds. The fourth-order valence-electron chi connectivity index (χ4n) is 5.60. The Labute approximate surface area is 219 Å². The third kappa shape index (κ3) is 5.05. The van der Waals surface area contributed by atoms with Gasteiger partial charge in [-0.3, -0.25) is 10.2 Å². The molecule has 6 nitrogen and oxygen atoms in total. The van der Waals surface area contributed by atoms with Crippen molar-refractivity contribution in [2.24, 2.45) is 11.0 Å². The zero-order valence-electron chi connectivity index (χ0n) is 21.1. The van der Waals surface area contributed by atoms with Crippen LogP contribution in [0.2, 0.25) is 0 Å². The van der Waals surface area contributed by atoms with Gasteiger partial charge >= 0.3 is 6.18 Å². The largest absolute Gasteiger partial charge is 0.496 e. The SMILES string of the molecule is COc1ccc(C23CC2CN(CCCSC2NN=C(c4ccc(C(F)(F)F)cc4)N2C)C3)cc1C(C)=O. The maximum atomic E-state index is 12.8. The first-order valence-corrected chi connectivity index (χ1v) is 13.4. The molecule has 2 aromatic carbocycles. The number of hydrogen-bond donors (Lipinski definition) is 1. The van der Waals surface area contributed by atoms with Crippen LogP contribution in [0, 0.1) is 5.92 Å². The van der Waals surface area contributed by atoms with Gasteiger partial charge in [0.05, 0.1) is 18.2 Å². The van der Waals surface area contributed by atoms with Gasteiger partial charge in [0.15, 0.2) is 17.1 Å². The number of hydrazone groups is 1. The van der Waals surface area contributed by atoms with Crippen LogP contribution in [0.4, 0.5) is 13.2 Å². The molecule has 3 aliphatic rings. The van der Waals surface area contributed by atoms with Crippen LogP contribution in [-0.4, -0.2) is 66.5 Å². The fraction of sp³-hybridized carbons (Fsp3) is 0.481. The Kier molecular flexibility index (Phi) is 6.91. The minimum Gasteiger partial charge on any atom is -0.496 e. The number of carbonyl (C=O) groups is 1. The van der Waals surface area contributed by atoms with Crippen molar-refractivity contribution in [3.05, 3.63) is 64.7 Å². The van der Waals surface area contributed by atoms with E-state index in [0.29, 0.717) is 28.6 Å². The van der Waals surface area contributed by atoms with Crippen molar-refractivity contribution in [3.63, 3.8) is 0 Å². The van der Waals surface area contributed by atoms with Crippen molar-refractivity contribution < 1.29 is 22.7 Å².